The van der Waals surface area contributed by atoms with Crippen LogP contribution in [0, 0.1) is 13.8 Å². The second kappa shape index (κ2) is 6.80. The largest absolute Gasteiger partial charge is 0.308 e. The molecule has 3 aromatic rings. The molecule has 4 rings (SSSR count). The number of aromatic nitrogens is 5. The van der Waals surface area contributed by atoms with E-state index in [1.165, 1.54) is 16.8 Å². The molecular weight excluding hydrogens is 312 g/mol. The van der Waals surface area contributed by atoms with E-state index in [0.717, 1.165) is 44.0 Å². The van der Waals surface area contributed by atoms with Crippen molar-refractivity contribution in [2.45, 2.75) is 52.4 Å². The van der Waals surface area contributed by atoms with Crippen molar-refractivity contribution in [1.29, 1.82) is 0 Å². The minimum atomic E-state index is 0.436. The number of nitrogens with zero attached hydrogens (tertiary/aromatic N) is 5. The molecule has 1 aliphatic rings. The van der Waals surface area contributed by atoms with E-state index in [-0.39, 0.29) is 0 Å². The molecule has 0 saturated carbocycles. The molecule has 6 nitrogen and oxygen atoms in total. The third-order valence-electron chi connectivity index (χ3n) is 5.08. The summed E-state index contributed by atoms with van der Waals surface area (Å²) in [5.41, 5.74) is 4.93. The third kappa shape index (κ3) is 3.35. The molecule has 1 N–H and O–H groups in total. The molecule has 0 bridgehead atoms. The van der Waals surface area contributed by atoms with Crippen molar-refractivity contribution in [3.8, 4) is 0 Å². The lowest BCUT2D eigenvalue weighted by atomic mass is 10.1. The number of aryl methyl sites for hydroxylation is 2. The first-order valence-electron chi connectivity index (χ1n) is 8.87. The van der Waals surface area contributed by atoms with Crippen molar-refractivity contribution < 1.29 is 0 Å². The molecule has 2 aromatic heterocycles. The first kappa shape index (κ1) is 16.0. The van der Waals surface area contributed by atoms with Crippen molar-refractivity contribution in [1.82, 2.24) is 29.9 Å². The van der Waals surface area contributed by atoms with Gasteiger partial charge in [0, 0.05) is 30.3 Å². The maximum Gasteiger partial charge on any atom is 0.138 e. The molecule has 0 aliphatic carbocycles. The standard InChI is InChI=1S/C19H24N6/c1-14-18(10-20-17-8-9-19-21-13-22-25(19)12-17)15(2)24(23-14)11-16-6-4-3-5-7-16/h3-7,13,17,20H,8-12H2,1-2H3/t17-/m0/s1. The molecule has 1 aromatic carbocycles. The van der Waals surface area contributed by atoms with Crippen molar-refractivity contribution in [2.75, 3.05) is 0 Å². The molecule has 0 amide bonds. The van der Waals surface area contributed by atoms with Crippen LogP contribution in [-0.4, -0.2) is 30.6 Å². The fourth-order valence-corrected chi connectivity index (χ4v) is 3.55. The summed E-state index contributed by atoms with van der Waals surface area (Å²) in [5, 5.41) is 12.7. The maximum atomic E-state index is 4.75. The quantitative estimate of drug-likeness (QED) is 0.776. The van der Waals surface area contributed by atoms with Gasteiger partial charge in [0.2, 0.25) is 0 Å². The van der Waals surface area contributed by atoms with Crippen LogP contribution in [0.1, 0.15) is 34.8 Å². The van der Waals surface area contributed by atoms with Gasteiger partial charge < -0.3 is 5.32 Å². The van der Waals surface area contributed by atoms with Gasteiger partial charge in [-0.25, -0.2) is 9.67 Å². The molecule has 0 fully saturated rings. The van der Waals surface area contributed by atoms with Crippen LogP contribution in [0.4, 0.5) is 0 Å². The summed E-state index contributed by atoms with van der Waals surface area (Å²) >= 11 is 0. The average molecular weight is 336 g/mol. The van der Waals surface area contributed by atoms with Crippen molar-refractivity contribution in [3.05, 3.63) is 65.0 Å². The summed E-state index contributed by atoms with van der Waals surface area (Å²) in [6, 6.07) is 10.9. The van der Waals surface area contributed by atoms with Gasteiger partial charge in [0.15, 0.2) is 0 Å². The highest BCUT2D eigenvalue weighted by molar-refractivity contribution is 5.26. The smallest absolute Gasteiger partial charge is 0.138 e. The molecule has 1 aliphatic heterocycles. The van der Waals surface area contributed by atoms with Gasteiger partial charge in [-0.15, -0.1) is 0 Å². The fraction of sp³-hybridized carbons (Fsp3) is 0.421. The van der Waals surface area contributed by atoms with Gasteiger partial charge in [-0.05, 0) is 25.8 Å². The zero-order chi connectivity index (χ0) is 17.2. The Morgan fingerprint density at radius 2 is 2.04 bits per heavy atom. The highest BCUT2D eigenvalue weighted by atomic mass is 15.3. The Morgan fingerprint density at radius 3 is 2.88 bits per heavy atom. The average Bonchev–Trinajstić information content (AvgIpc) is 3.19. The van der Waals surface area contributed by atoms with Crippen LogP contribution in [-0.2, 0) is 26.1 Å². The minimum absolute atomic E-state index is 0.436. The summed E-state index contributed by atoms with van der Waals surface area (Å²) in [6.07, 6.45) is 3.75. The van der Waals surface area contributed by atoms with E-state index in [4.69, 9.17) is 5.10 Å². The van der Waals surface area contributed by atoms with Crippen molar-refractivity contribution >= 4 is 0 Å². The van der Waals surface area contributed by atoms with Crippen LogP contribution in [0.3, 0.4) is 0 Å². The van der Waals surface area contributed by atoms with E-state index < -0.39 is 0 Å². The predicted molar refractivity (Wildman–Crippen MR) is 96.2 cm³/mol. The van der Waals surface area contributed by atoms with E-state index in [2.05, 4.69) is 58.2 Å². The molecule has 0 spiro atoms. The van der Waals surface area contributed by atoms with Gasteiger partial charge >= 0.3 is 0 Å². The normalized spacial score (nSPS) is 16.8. The Bertz CT molecular complexity index is 848. The fourth-order valence-electron chi connectivity index (χ4n) is 3.55. The van der Waals surface area contributed by atoms with Crippen molar-refractivity contribution in [3.63, 3.8) is 0 Å². The van der Waals surface area contributed by atoms with Crippen LogP contribution in [0.5, 0.6) is 0 Å². The summed E-state index contributed by atoms with van der Waals surface area (Å²) in [7, 11) is 0. The first-order valence-corrected chi connectivity index (χ1v) is 8.87. The maximum absolute atomic E-state index is 4.75. The van der Waals surface area contributed by atoms with Crippen LogP contribution >= 0.6 is 0 Å². The van der Waals surface area contributed by atoms with Gasteiger partial charge in [0.1, 0.15) is 12.2 Å². The Kier molecular flexibility index (Phi) is 4.36. The number of nitrogens with one attached hydrogen (secondary N) is 1. The summed E-state index contributed by atoms with van der Waals surface area (Å²) in [4.78, 5) is 4.29. The molecule has 3 heterocycles. The van der Waals surface area contributed by atoms with Crippen LogP contribution < -0.4 is 5.32 Å². The van der Waals surface area contributed by atoms with Crippen LogP contribution in [0.25, 0.3) is 0 Å². The predicted octanol–water partition coefficient (Wildman–Crippen LogP) is 2.24. The van der Waals surface area contributed by atoms with E-state index in [1.54, 1.807) is 6.33 Å². The lowest BCUT2D eigenvalue weighted by molar-refractivity contribution is 0.357. The summed E-state index contributed by atoms with van der Waals surface area (Å²) < 4.78 is 4.12. The minimum Gasteiger partial charge on any atom is -0.308 e. The Labute approximate surface area is 147 Å². The second-order valence-corrected chi connectivity index (χ2v) is 6.77. The van der Waals surface area contributed by atoms with Crippen LogP contribution in [0.2, 0.25) is 0 Å². The van der Waals surface area contributed by atoms with E-state index in [9.17, 15) is 0 Å². The lowest BCUT2D eigenvalue weighted by Crippen LogP contribution is -2.37. The van der Waals surface area contributed by atoms with E-state index in [1.807, 2.05) is 10.7 Å². The number of hydrogen-bond acceptors (Lipinski definition) is 4. The Morgan fingerprint density at radius 1 is 1.20 bits per heavy atom. The molecule has 6 heteroatoms. The second-order valence-electron chi connectivity index (χ2n) is 6.77. The lowest BCUT2D eigenvalue weighted by Gasteiger charge is -2.23. The Balaban J connectivity index is 1.43. The van der Waals surface area contributed by atoms with Gasteiger partial charge in [-0.2, -0.15) is 10.2 Å². The van der Waals surface area contributed by atoms with E-state index >= 15 is 0 Å². The third-order valence-corrected chi connectivity index (χ3v) is 5.08. The highest BCUT2D eigenvalue weighted by Gasteiger charge is 2.20. The van der Waals surface area contributed by atoms with Gasteiger partial charge in [-0.3, -0.25) is 4.68 Å². The van der Waals surface area contributed by atoms with Gasteiger partial charge in [-0.1, -0.05) is 30.3 Å². The SMILES string of the molecule is Cc1nn(Cc2ccccc2)c(C)c1CN[C@H]1CCc2ncnn2C1. The molecule has 130 valence electrons. The molecule has 0 unspecified atom stereocenters. The molecular formula is C19H24N6. The topological polar surface area (TPSA) is 60.6 Å². The molecule has 0 saturated heterocycles. The number of rotatable bonds is 5. The van der Waals surface area contributed by atoms with Crippen molar-refractivity contribution in [2.24, 2.45) is 0 Å². The first-order chi connectivity index (χ1) is 12.2. The molecule has 1 atom stereocenters. The zero-order valence-electron chi connectivity index (χ0n) is 14.8. The monoisotopic (exact) mass is 336 g/mol. The summed E-state index contributed by atoms with van der Waals surface area (Å²) in [6.45, 7) is 6.82. The molecule has 25 heavy (non-hydrogen) atoms. The number of hydrogen-bond donors (Lipinski definition) is 1. The van der Waals surface area contributed by atoms with Gasteiger partial charge in [0.05, 0.1) is 18.8 Å². The Hall–Kier alpha value is -2.47. The zero-order valence-corrected chi connectivity index (χ0v) is 14.8. The van der Waals surface area contributed by atoms with Crippen LogP contribution in [0.15, 0.2) is 36.7 Å². The molecule has 0 radical (unpaired) electrons. The number of benzene rings is 1. The van der Waals surface area contributed by atoms with Gasteiger partial charge in [0.25, 0.3) is 0 Å². The number of fused-ring (bicyclic) bond motifs is 1. The van der Waals surface area contributed by atoms with E-state index in [0.29, 0.717) is 6.04 Å². The highest BCUT2D eigenvalue weighted by Crippen LogP contribution is 2.17. The summed E-state index contributed by atoms with van der Waals surface area (Å²) in [5.74, 6) is 1.10.